The van der Waals surface area contributed by atoms with Crippen LogP contribution in [0.3, 0.4) is 0 Å². The van der Waals surface area contributed by atoms with Crippen LogP contribution < -0.4 is 4.90 Å². The summed E-state index contributed by atoms with van der Waals surface area (Å²) in [6, 6.07) is 9.27. The number of aryl methyl sites for hydroxylation is 2. The van der Waals surface area contributed by atoms with Gasteiger partial charge < -0.3 is 10.0 Å². The lowest BCUT2D eigenvalue weighted by Crippen LogP contribution is -2.32. The van der Waals surface area contributed by atoms with Crippen molar-refractivity contribution >= 4 is 11.6 Å². The number of nitrogens with zero attached hydrogens (tertiary/aromatic N) is 1. The van der Waals surface area contributed by atoms with E-state index in [0.717, 1.165) is 11.1 Å². The third-order valence-corrected chi connectivity index (χ3v) is 3.40. The van der Waals surface area contributed by atoms with Gasteiger partial charge in [0.05, 0.1) is 11.3 Å². The lowest BCUT2D eigenvalue weighted by Gasteiger charge is -2.23. The average molecular weight is 287 g/mol. The molecule has 0 aliphatic heterocycles. The van der Waals surface area contributed by atoms with Gasteiger partial charge in [0.15, 0.2) is 0 Å². The average Bonchev–Trinajstić information content (AvgIpc) is 2.46. The van der Waals surface area contributed by atoms with E-state index in [1.165, 1.54) is 17.0 Å². The first-order valence-corrected chi connectivity index (χ1v) is 6.81. The Kier molecular flexibility index (Phi) is 4.26. The molecule has 3 nitrogen and oxygen atoms in total. The van der Waals surface area contributed by atoms with Crippen molar-refractivity contribution < 1.29 is 14.3 Å². The molecule has 2 aromatic carbocycles. The van der Waals surface area contributed by atoms with Gasteiger partial charge in [-0.05, 0) is 44.5 Å². The van der Waals surface area contributed by atoms with Crippen molar-refractivity contribution in [3.63, 3.8) is 0 Å². The van der Waals surface area contributed by atoms with Gasteiger partial charge in [0.1, 0.15) is 11.6 Å². The second kappa shape index (κ2) is 5.95. The Labute approximate surface area is 123 Å². The number of aromatic hydroxyl groups is 1. The first-order valence-electron chi connectivity index (χ1n) is 6.81. The second-order valence-corrected chi connectivity index (χ2v) is 5.00. The molecule has 1 N–H and O–H groups in total. The predicted octanol–water partition coefficient (Wildman–Crippen LogP) is 3.81. The summed E-state index contributed by atoms with van der Waals surface area (Å²) in [7, 11) is 0. The number of halogens is 1. The van der Waals surface area contributed by atoms with Crippen LogP contribution in [-0.4, -0.2) is 17.6 Å². The van der Waals surface area contributed by atoms with E-state index >= 15 is 0 Å². The number of benzene rings is 2. The van der Waals surface area contributed by atoms with E-state index in [2.05, 4.69) is 0 Å². The molecule has 2 rings (SSSR count). The number of carbonyl (C=O) groups is 1. The fraction of sp³-hybridized carbons (Fsp3) is 0.235. The van der Waals surface area contributed by atoms with Gasteiger partial charge in [-0.25, -0.2) is 4.39 Å². The van der Waals surface area contributed by atoms with Gasteiger partial charge in [-0.15, -0.1) is 0 Å². The topological polar surface area (TPSA) is 40.5 Å². The van der Waals surface area contributed by atoms with E-state index < -0.39 is 11.7 Å². The summed E-state index contributed by atoms with van der Waals surface area (Å²) in [6.07, 6.45) is 0. The largest absolute Gasteiger partial charge is 0.508 e. The summed E-state index contributed by atoms with van der Waals surface area (Å²) in [6.45, 7) is 5.86. The number of hydrogen-bond donors (Lipinski definition) is 1. The van der Waals surface area contributed by atoms with Crippen molar-refractivity contribution in [1.82, 2.24) is 0 Å². The fourth-order valence-electron chi connectivity index (χ4n) is 2.26. The van der Waals surface area contributed by atoms with E-state index in [1.54, 1.807) is 24.3 Å². The Bertz CT molecular complexity index is 682. The van der Waals surface area contributed by atoms with E-state index in [0.29, 0.717) is 12.2 Å². The van der Waals surface area contributed by atoms with Crippen LogP contribution in [0.1, 0.15) is 28.4 Å². The lowest BCUT2D eigenvalue weighted by molar-refractivity contribution is 0.0984. The van der Waals surface area contributed by atoms with E-state index in [-0.39, 0.29) is 11.3 Å². The smallest absolute Gasteiger partial charge is 0.261 e. The van der Waals surface area contributed by atoms with Gasteiger partial charge in [0.2, 0.25) is 0 Å². The molecule has 0 heterocycles. The van der Waals surface area contributed by atoms with Gasteiger partial charge in [-0.3, -0.25) is 4.79 Å². The Morgan fingerprint density at radius 2 is 1.90 bits per heavy atom. The van der Waals surface area contributed by atoms with Crippen LogP contribution in [0.4, 0.5) is 10.1 Å². The quantitative estimate of drug-likeness (QED) is 0.932. The molecule has 2 aromatic rings. The first kappa shape index (κ1) is 15.0. The zero-order valence-corrected chi connectivity index (χ0v) is 12.4. The lowest BCUT2D eigenvalue weighted by atomic mass is 10.1. The normalized spacial score (nSPS) is 10.5. The summed E-state index contributed by atoms with van der Waals surface area (Å²) in [5, 5.41) is 9.62. The van der Waals surface area contributed by atoms with Crippen molar-refractivity contribution in [1.29, 1.82) is 0 Å². The highest BCUT2D eigenvalue weighted by atomic mass is 19.1. The number of phenolic OH excluding ortho intramolecular Hbond substituents is 1. The number of rotatable bonds is 3. The Morgan fingerprint density at radius 1 is 1.19 bits per heavy atom. The highest BCUT2D eigenvalue weighted by Crippen LogP contribution is 2.27. The molecule has 0 aliphatic carbocycles. The SMILES string of the molecule is CCN(C(=O)c1cc(C)ccc1F)c1cc(O)ccc1C. The maximum atomic E-state index is 13.9. The summed E-state index contributed by atoms with van der Waals surface area (Å²) >= 11 is 0. The number of carbonyl (C=O) groups excluding carboxylic acids is 1. The molecule has 1 amide bonds. The second-order valence-electron chi connectivity index (χ2n) is 5.00. The zero-order valence-electron chi connectivity index (χ0n) is 12.4. The summed E-state index contributed by atoms with van der Waals surface area (Å²) in [5.74, 6) is -0.874. The number of amides is 1. The molecule has 4 heteroatoms. The van der Waals surface area contributed by atoms with Crippen LogP contribution in [0.25, 0.3) is 0 Å². The first-order chi connectivity index (χ1) is 9.93. The Morgan fingerprint density at radius 3 is 2.57 bits per heavy atom. The number of phenols is 1. The summed E-state index contributed by atoms with van der Waals surface area (Å²) in [5.41, 5.74) is 2.29. The molecule has 0 aromatic heterocycles. The van der Waals surface area contributed by atoms with Crippen LogP contribution >= 0.6 is 0 Å². The van der Waals surface area contributed by atoms with Gasteiger partial charge in [0, 0.05) is 12.6 Å². The standard InChI is InChI=1S/C17H18FNO2/c1-4-19(16-10-13(20)7-6-12(16)3)17(21)14-9-11(2)5-8-15(14)18/h5-10,20H,4H2,1-3H3. The number of anilines is 1. The van der Waals surface area contributed by atoms with E-state index in [1.807, 2.05) is 20.8 Å². The minimum atomic E-state index is -0.540. The van der Waals surface area contributed by atoms with Crippen LogP contribution in [0.5, 0.6) is 5.75 Å². The van der Waals surface area contributed by atoms with Gasteiger partial charge in [-0.2, -0.15) is 0 Å². The van der Waals surface area contributed by atoms with Crippen LogP contribution in [-0.2, 0) is 0 Å². The monoisotopic (exact) mass is 287 g/mol. The minimum Gasteiger partial charge on any atom is -0.508 e. The Hall–Kier alpha value is -2.36. The van der Waals surface area contributed by atoms with Crippen LogP contribution in [0.15, 0.2) is 36.4 Å². The molecule has 0 unspecified atom stereocenters. The van der Waals surface area contributed by atoms with Crippen molar-refractivity contribution in [2.24, 2.45) is 0 Å². The van der Waals surface area contributed by atoms with Gasteiger partial charge in [-0.1, -0.05) is 17.7 Å². The number of hydrogen-bond acceptors (Lipinski definition) is 2. The zero-order chi connectivity index (χ0) is 15.6. The molecule has 0 radical (unpaired) electrons. The van der Waals surface area contributed by atoms with E-state index in [9.17, 15) is 14.3 Å². The van der Waals surface area contributed by atoms with Gasteiger partial charge in [0.25, 0.3) is 5.91 Å². The fourth-order valence-corrected chi connectivity index (χ4v) is 2.26. The highest BCUT2D eigenvalue weighted by molar-refractivity contribution is 6.06. The van der Waals surface area contributed by atoms with Crippen LogP contribution in [0, 0.1) is 19.7 Å². The maximum absolute atomic E-state index is 13.9. The molecular weight excluding hydrogens is 269 g/mol. The van der Waals surface area contributed by atoms with Crippen LogP contribution in [0.2, 0.25) is 0 Å². The van der Waals surface area contributed by atoms with Crippen molar-refractivity contribution in [3.8, 4) is 5.75 Å². The highest BCUT2D eigenvalue weighted by Gasteiger charge is 2.21. The molecule has 0 atom stereocenters. The molecule has 110 valence electrons. The molecule has 0 fully saturated rings. The molecule has 0 saturated carbocycles. The van der Waals surface area contributed by atoms with E-state index in [4.69, 9.17) is 0 Å². The third-order valence-electron chi connectivity index (χ3n) is 3.40. The molecule has 0 saturated heterocycles. The van der Waals surface area contributed by atoms with Crippen molar-refractivity contribution in [2.45, 2.75) is 20.8 Å². The maximum Gasteiger partial charge on any atom is 0.261 e. The third kappa shape index (κ3) is 3.05. The van der Waals surface area contributed by atoms with Crippen molar-refractivity contribution in [2.75, 3.05) is 11.4 Å². The molecule has 21 heavy (non-hydrogen) atoms. The molecular formula is C17H18FNO2. The summed E-state index contributed by atoms with van der Waals surface area (Å²) in [4.78, 5) is 14.1. The minimum absolute atomic E-state index is 0.0413. The van der Waals surface area contributed by atoms with Gasteiger partial charge >= 0.3 is 0 Å². The Balaban J connectivity index is 2.48. The molecule has 0 bridgehead atoms. The molecule has 0 aliphatic rings. The predicted molar refractivity (Wildman–Crippen MR) is 81.3 cm³/mol. The molecule has 0 spiro atoms. The van der Waals surface area contributed by atoms with Crippen molar-refractivity contribution in [3.05, 3.63) is 58.9 Å². The summed E-state index contributed by atoms with van der Waals surface area (Å²) < 4.78 is 13.9.